The molecule has 0 aliphatic rings. The molecule has 9 heteroatoms. The molecule has 2 rings (SSSR count). The summed E-state index contributed by atoms with van der Waals surface area (Å²) >= 11 is 0. The third-order valence-electron chi connectivity index (χ3n) is 3.76. The predicted octanol–water partition coefficient (Wildman–Crippen LogP) is 3.04. The van der Waals surface area contributed by atoms with Crippen LogP contribution < -0.4 is 10.1 Å². The minimum absolute atomic E-state index is 0.138. The van der Waals surface area contributed by atoms with Crippen LogP contribution in [0.3, 0.4) is 0 Å². The Balaban J connectivity index is 1.83. The smallest absolute Gasteiger partial charge is 0.387 e. The van der Waals surface area contributed by atoms with Crippen molar-refractivity contribution >= 4 is 5.96 Å². The average Bonchev–Trinajstić information content (AvgIpc) is 3.09. The van der Waals surface area contributed by atoms with Crippen LogP contribution >= 0.6 is 0 Å². The molecule has 0 unspecified atom stereocenters. The van der Waals surface area contributed by atoms with Gasteiger partial charge in [-0.25, -0.2) is 0 Å². The van der Waals surface area contributed by atoms with Gasteiger partial charge in [0.15, 0.2) is 11.8 Å². The molecular formula is C18H25F2N5O2. The molecule has 0 atom stereocenters. The van der Waals surface area contributed by atoms with Gasteiger partial charge in [-0.3, -0.25) is 4.99 Å². The molecule has 0 saturated heterocycles. The van der Waals surface area contributed by atoms with Crippen molar-refractivity contribution in [3.05, 3.63) is 41.5 Å². The lowest BCUT2D eigenvalue weighted by Crippen LogP contribution is -2.39. The quantitative estimate of drug-likeness (QED) is 0.560. The van der Waals surface area contributed by atoms with E-state index in [1.165, 1.54) is 12.1 Å². The van der Waals surface area contributed by atoms with Crippen LogP contribution in [0.4, 0.5) is 8.78 Å². The molecule has 1 heterocycles. The Morgan fingerprint density at radius 3 is 2.56 bits per heavy atom. The topological polar surface area (TPSA) is 75.8 Å². The second kappa shape index (κ2) is 9.84. The molecule has 148 valence electrons. The van der Waals surface area contributed by atoms with E-state index in [0.717, 1.165) is 5.56 Å². The summed E-state index contributed by atoms with van der Waals surface area (Å²) < 4.78 is 34.0. The number of hydrogen-bond acceptors (Lipinski definition) is 5. The Morgan fingerprint density at radius 2 is 2.00 bits per heavy atom. The Kier molecular flexibility index (Phi) is 7.51. The standard InChI is InChI=1S/C18H25F2N5O2/c1-12(2)16-23-15(27-24-16)9-10-22-18(21-3)25(4)11-13-5-7-14(8-6-13)26-17(19)20/h5-8,12,17H,9-11H2,1-4H3,(H,21,22). The van der Waals surface area contributed by atoms with Gasteiger partial charge in [-0.05, 0) is 17.7 Å². The van der Waals surface area contributed by atoms with E-state index in [9.17, 15) is 8.78 Å². The van der Waals surface area contributed by atoms with Crippen LogP contribution in [0.15, 0.2) is 33.8 Å². The Hall–Kier alpha value is -2.71. The zero-order valence-electron chi connectivity index (χ0n) is 15.9. The molecule has 0 radical (unpaired) electrons. The van der Waals surface area contributed by atoms with Gasteiger partial charge in [0, 0.05) is 39.5 Å². The SMILES string of the molecule is CN=C(NCCc1nc(C(C)C)no1)N(C)Cc1ccc(OC(F)F)cc1. The summed E-state index contributed by atoms with van der Waals surface area (Å²) in [4.78, 5) is 10.5. The fraction of sp³-hybridized carbons (Fsp3) is 0.500. The van der Waals surface area contributed by atoms with Crippen LogP contribution in [0.5, 0.6) is 5.75 Å². The zero-order valence-corrected chi connectivity index (χ0v) is 15.9. The average molecular weight is 381 g/mol. The lowest BCUT2D eigenvalue weighted by atomic mass is 10.2. The first-order valence-corrected chi connectivity index (χ1v) is 8.67. The van der Waals surface area contributed by atoms with Gasteiger partial charge in [-0.1, -0.05) is 31.1 Å². The molecule has 7 nitrogen and oxygen atoms in total. The first kappa shape index (κ1) is 20.6. The molecule has 1 aromatic heterocycles. The summed E-state index contributed by atoms with van der Waals surface area (Å²) in [6.07, 6.45) is 0.590. The number of halogens is 2. The second-order valence-electron chi connectivity index (χ2n) is 6.30. The van der Waals surface area contributed by atoms with Crippen LogP contribution in [0.2, 0.25) is 0 Å². The van der Waals surface area contributed by atoms with Crippen molar-refractivity contribution in [2.24, 2.45) is 4.99 Å². The molecule has 0 aliphatic heterocycles. The maximum atomic E-state index is 12.2. The van der Waals surface area contributed by atoms with E-state index in [2.05, 4.69) is 25.2 Å². The van der Waals surface area contributed by atoms with Crippen molar-refractivity contribution in [2.75, 3.05) is 20.6 Å². The van der Waals surface area contributed by atoms with Gasteiger partial charge < -0.3 is 19.5 Å². The van der Waals surface area contributed by atoms with Crippen LogP contribution in [0, 0.1) is 0 Å². The van der Waals surface area contributed by atoms with E-state index in [1.54, 1.807) is 19.2 Å². The number of ether oxygens (including phenoxy) is 1. The molecule has 0 fully saturated rings. The van der Waals surface area contributed by atoms with Gasteiger partial charge >= 0.3 is 6.61 Å². The molecule has 0 spiro atoms. The number of nitrogens with one attached hydrogen (secondary N) is 1. The summed E-state index contributed by atoms with van der Waals surface area (Å²) in [7, 11) is 3.59. The molecular weight excluding hydrogens is 356 g/mol. The Labute approximate surface area is 157 Å². The maximum Gasteiger partial charge on any atom is 0.387 e. The number of rotatable bonds is 8. The van der Waals surface area contributed by atoms with Crippen LogP contribution in [-0.4, -0.2) is 48.3 Å². The van der Waals surface area contributed by atoms with Crippen LogP contribution in [0.1, 0.15) is 37.0 Å². The summed E-state index contributed by atoms with van der Waals surface area (Å²) in [6, 6.07) is 6.53. The number of nitrogens with zero attached hydrogens (tertiary/aromatic N) is 4. The molecule has 27 heavy (non-hydrogen) atoms. The van der Waals surface area contributed by atoms with Crippen molar-refractivity contribution in [3.8, 4) is 5.75 Å². The fourth-order valence-electron chi connectivity index (χ4n) is 2.40. The molecule has 0 bridgehead atoms. The minimum Gasteiger partial charge on any atom is -0.435 e. The van der Waals surface area contributed by atoms with Gasteiger partial charge in [-0.15, -0.1) is 0 Å². The van der Waals surface area contributed by atoms with Gasteiger partial charge in [-0.2, -0.15) is 13.8 Å². The second-order valence-corrected chi connectivity index (χ2v) is 6.30. The molecule has 0 saturated carbocycles. The van der Waals surface area contributed by atoms with Gasteiger partial charge in [0.1, 0.15) is 5.75 Å². The van der Waals surface area contributed by atoms with E-state index < -0.39 is 6.61 Å². The maximum absolute atomic E-state index is 12.2. The highest BCUT2D eigenvalue weighted by molar-refractivity contribution is 5.79. The van der Waals surface area contributed by atoms with E-state index in [4.69, 9.17) is 4.52 Å². The normalized spacial score (nSPS) is 11.9. The Morgan fingerprint density at radius 1 is 1.30 bits per heavy atom. The van der Waals surface area contributed by atoms with Gasteiger partial charge in [0.05, 0.1) is 0 Å². The van der Waals surface area contributed by atoms with Crippen molar-refractivity contribution < 1.29 is 18.0 Å². The first-order valence-electron chi connectivity index (χ1n) is 8.67. The minimum atomic E-state index is -2.82. The van der Waals surface area contributed by atoms with Gasteiger partial charge in [0.25, 0.3) is 0 Å². The largest absolute Gasteiger partial charge is 0.435 e. The third-order valence-corrected chi connectivity index (χ3v) is 3.76. The number of alkyl halides is 2. The van der Waals surface area contributed by atoms with E-state index >= 15 is 0 Å². The predicted molar refractivity (Wildman–Crippen MR) is 98.0 cm³/mol. The first-order chi connectivity index (χ1) is 12.9. The summed E-state index contributed by atoms with van der Waals surface area (Å²) in [5.41, 5.74) is 0.945. The van der Waals surface area contributed by atoms with E-state index in [1.807, 2.05) is 25.8 Å². The fourth-order valence-corrected chi connectivity index (χ4v) is 2.40. The highest BCUT2D eigenvalue weighted by Crippen LogP contribution is 2.15. The number of aromatic nitrogens is 2. The zero-order chi connectivity index (χ0) is 19.8. The monoisotopic (exact) mass is 381 g/mol. The molecule has 1 N–H and O–H groups in total. The number of aliphatic imine (C=N–C) groups is 1. The summed E-state index contributed by atoms with van der Waals surface area (Å²) in [5, 5.41) is 7.18. The summed E-state index contributed by atoms with van der Waals surface area (Å²) in [5.74, 6) is 2.35. The molecule has 1 aromatic carbocycles. The van der Waals surface area contributed by atoms with Crippen LogP contribution in [0.25, 0.3) is 0 Å². The highest BCUT2D eigenvalue weighted by Gasteiger charge is 2.11. The van der Waals surface area contributed by atoms with Crippen LogP contribution in [-0.2, 0) is 13.0 Å². The lowest BCUT2D eigenvalue weighted by molar-refractivity contribution is -0.0498. The van der Waals surface area contributed by atoms with Crippen molar-refractivity contribution in [1.29, 1.82) is 0 Å². The number of benzene rings is 1. The molecule has 0 amide bonds. The van der Waals surface area contributed by atoms with Crippen molar-refractivity contribution in [3.63, 3.8) is 0 Å². The highest BCUT2D eigenvalue weighted by atomic mass is 19.3. The van der Waals surface area contributed by atoms with Crippen molar-refractivity contribution in [2.45, 2.75) is 39.3 Å². The van der Waals surface area contributed by atoms with E-state index in [-0.39, 0.29) is 11.7 Å². The van der Waals surface area contributed by atoms with Crippen molar-refractivity contribution in [1.82, 2.24) is 20.4 Å². The third kappa shape index (κ3) is 6.50. The number of guanidine groups is 1. The van der Waals surface area contributed by atoms with E-state index in [0.29, 0.717) is 37.2 Å². The lowest BCUT2D eigenvalue weighted by Gasteiger charge is -2.22. The molecule has 0 aliphatic carbocycles. The summed E-state index contributed by atoms with van der Waals surface area (Å²) in [6.45, 7) is 2.35. The van der Waals surface area contributed by atoms with Gasteiger partial charge in [0.2, 0.25) is 5.89 Å². The number of hydrogen-bond donors (Lipinski definition) is 1. The molecule has 2 aromatic rings. The Bertz CT molecular complexity index is 732.